The predicted octanol–water partition coefficient (Wildman–Crippen LogP) is 3.85. The fraction of sp³-hybridized carbons (Fsp3) is 0.952. The fourth-order valence-corrected chi connectivity index (χ4v) is 7.83. The minimum absolute atomic E-state index is 0.0342. The Morgan fingerprint density at radius 3 is 2.29 bits per heavy atom. The molecule has 2 N–H and O–H groups in total. The second kappa shape index (κ2) is 5.07. The minimum Gasteiger partial charge on any atom is -0.389 e. The summed E-state index contributed by atoms with van der Waals surface area (Å²) in [4.78, 5) is 12.2. The number of hydrogen-bond acceptors (Lipinski definition) is 3. The molecule has 7 atom stereocenters. The lowest BCUT2D eigenvalue weighted by molar-refractivity contribution is -0.244. The van der Waals surface area contributed by atoms with Crippen molar-refractivity contribution in [2.24, 2.45) is 28.6 Å². The van der Waals surface area contributed by atoms with Gasteiger partial charge in [-0.05, 0) is 81.5 Å². The van der Waals surface area contributed by atoms with E-state index in [1.165, 1.54) is 25.7 Å². The predicted molar refractivity (Wildman–Crippen MR) is 93.4 cm³/mol. The van der Waals surface area contributed by atoms with Gasteiger partial charge in [0, 0.05) is 5.41 Å². The van der Waals surface area contributed by atoms with Crippen LogP contribution in [-0.2, 0) is 4.79 Å². The van der Waals surface area contributed by atoms with Gasteiger partial charge in [-0.3, -0.25) is 4.79 Å². The zero-order valence-electron chi connectivity index (χ0n) is 15.6. The molecule has 0 amide bonds. The van der Waals surface area contributed by atoms with E-state index in [1.807, 2.05) is 0 Å². The third kappa shape index (κ3) is 1.79. The second-order valence-corrected chi connectivity index (χ2v) is 9.95. The molecule has 136 valence electrons. The van der Waals surface area contributed by atoms with Crippen LogP contribution < -0.4 is 0 Å². The van der Waals surface area contributed by atoms with E-state index >= 15 is 0 Å². The summed E-state index contributed by atoms with van der Waals surface area (Å²) in [6, 6.07) is 0. The van der Waals surface area contributed by atoms with Crippen LogP contribution in [0.1, 0.15) is 85.0 Å². The van der Waals surface area contributed by atoms with Gasteiger partial charge in [-0.1, -0.05) is 26.7 Å². The molecule has 4 saturated carbocycles. The molecular weight excluding hydrogens is 300 g/mol. The van der Waals surface area contributed by atoms with E-state index in [2.05, 4.69) is 13.8 Å². The van der Waals surface area contributed by atoms with Crippen LogP contribution in [0, 0.1) is 28.6 Å². The molecule has 0 spiro atoms. The molecule has 3 nitrogen and oxygen atoms in total. The highest BCUT2D eigenvalue weighted by atomic mass is 16.3. The number of hydrogen-bond donors (Lipinski definition) is 2. The lowest BCUT2D eigenvalue weighted by atomic mass is 9.42. The van der Waals surface area contributed by atoms with Gasteiger partial charge in [-0.2, -0.15) is 0 Å². The SMILES string of the molecule is CC(=O)[C@@]1(O)CC[C@H]2[C@@H]3CCC4CCCC[C@]4(C)[C@@]3(O)CC[C@@]21C. The summed E-state index contributed by atoms with van der Waals surface area (Å²) >= 11 is 0. The molecule has 3 heteroatoms. The van der Waals surface area contributed by atoms with Crippen molar-refractivity contribution >= 4 is 5.78 Å². The van der Waals surface area contributed by atoms with Crippen LogP contribution >= 0.6 is 0 Å². The summed E-state index contributed by atoms with van der Waals surface area (Å²) in [6.07, 6.45) is 10.3. The monoisotopic (exact) mass is 334 g/mol. The van der Waals surface area contributed by atoms with Crippen molar-refractivity contribution in [1.29, 1.82) is 0 Å². The number of carbonyl (C=O) groups is 1. The molecule has 4 fully saturated rings. The Bertz CT molecular complexity index is 559. The first-order chi connectivity index (χ1) is 11.2. The largest absolute Gasteiger partial charge is 0.389 e. The molecule has 0 heterocycles. The lowest BCUT2D eigenvalue weighted by Crippen LogP contribution is -2.66. The minimum atomic E-state index is -1.18. The van der Waals surface area contributed by atoms with Crippen LogP contribution in [0.2, 0.25) is 0 Å². The van der Waals surface area contributed by atoms with Gasteiger partial charge in [0.25, 0.3) is 0 Å². The van der Waals surface area contributed by atoms with Crippen molar-refractivity contribution in [2.45, 2.75) is 96.2 Å². The molecule has 0 radical (unpaired) electrons. The van der Waals surface area contributed by atoms with Crippen molar-refractivity contribution < 1.29 is 15.0 Å². The maximum absolute atomic E-state index is 12.2. The van der Waals surface area contributed by atoms with Crippen molar-refractivity contribution in [3.8, 4) is 0 Å². The van der Waals surface area contributed by atoms with Gasteiger partial charge >= 0.3 is 0 Å². The quantitative estimate of drug-likeness (QED) is 0.766. The van der Waals surface area contributed by atoms with E-state index in [4.69, 9.17) is 0 Å². The summed E-state index contributed by atoms with van der Waals surface area (Å²) in [6.45, 7) is 6.02. The van der Waals surface area contributed by atoms with Crippen LogP contribution in [-0.4, -0.2) is 27.2 Å². The molecule has 0 aromatic carbocycles. The zero-order valence-corrected chi connectivity index (χ0v) is 15.6. The van der Waals surface area contributed by atoms with Crippen LogP contribution in [0.25, 0.3) is 0 Å². The third-order valence-corrected chi connectivity index (χ3v) is 9.50. The normalized spacial score (nSPS) is 57.0. The van der Waals surface area contributed by atoms with Crippen LogP contribution in [0.5, 0.6) is 0 Å². The van der Waals surface area contributed by atoms with Crippen LogP contribution in [0.4, 0.5) is 0 Å². The molecule has 4 aliphatic rings. The fourth-order valence-electron chi connectivity index (χ4n) is 7.83. The molecule has 0 bridgehead atoms. The lowest BCUT2D eigenvalue weighted by Gasteiger charge is -2.65. The first-order valence-corrected chi connectivity index (χ1v) is 10.1. The van der Waals surface area contributed by atoms with Crippen LogP contribution in [0.3, 0.4) is 0 Å². The standard InChI is InChI=1S/C21H34O3/c1-14(22)20(23)11-9-16-17-8-7-15-6-4-5-10-18(15,2)21(17,24)13-12-19(16,20)3/h15-17,23-24H,4-13H2,1-3H3/t15?,16-,17-,18-,19-,20-,21+/m0/s1. The van der Waals surface area contributed by atoms with Crippen molar-refractivity contribution in [3.05, 3.63) is 0 Å². The van der Waals surface area contributed by atoms with Crippen molar-refractivity contribution in [1.82, 2.24) is 0 Å². The summed E-state index contributed by atoms with van der Waals surface area (Å²) < 4.78 is 0. The molecule has 4 rings (SSSR count). The van der Waals surface area contributed by atoms with E-state index in [0.29, 0.717) is 12.3 Å². The van der Waals surface area contributed by atoms with Gasteiger partial charge in [0.2, 0.25) is 0 Å². The number of Topliss-reactive ketones (excluding diaryl/α,β-unsaturated/α-hetero) is 1. The molecule has 4 aliphatic carbocycles. The summed E-state index contributed by atoms with van der Waals surface area (Å²) in [5, 5.41) is 23.1. The Labute approximate surface area is 146 Å². The summed E-state index contributed by atoms with van der Waals surface area (Å²) in [5.41, 5.74) is -2.09. The topological polar surface area (TPSA) is 57.5 Å². The smallest absolute Gasteiger partial charge is 0.161 e. The Kier molecular flexibility index (Phi) is 3.59. The van der Waals surface area contributed by atoms with Crippen molar-refractivity contribution in [3.63, 3.8) is 0 Å². The van der Waals surface area contributed by atoms with Gasteiger partial charge in [-0.25, -0.2) is 0 Å². The molecule has 0 aromatic rings. The Morgan fingerprint density at radius 2 is 1.58 bits per heavy atom. The molecule has 0 aromatic heterocycles. The van der Waals surface area contributed by atoms with Gasteiger partial charge in [0.15, 0.2) is 5.78 Å². The molecule has 0 saturated heterocycles. The summed E-state index contributed by atoms with van der Waals surface area (Å²) in [7, 11) is 0. The van der Waals surface area contributed by atoms with E-state index in [0.717, 1.165) is 32.1 Å². The highest BCUT2D eigenvalue weighted by molar-refractivity contribution is 5.86. The highest BCUT2D eigenvalue weighted by Gasteiger charge is 2.70. The van der Waals surface area contributed by atoms with Gasteiger partial charge in [-0.15, -0.1) is 0 Å². The van der Waals surface area contributed by atoms with E-state index in [9.17, 15) is 15.0 Å². The maximum Gasteiger partial charge on any atom is 0.161 e. The third-order valence-electron chi connectivity index (χ3n) is 9.50. The average molecular weight is 335 g/mol. The number of fused-ring (bicyclic) bond motifs is 5. The molecular formula is C21H34O3. The van der Waals surface area contributed by atoms with Gasteiger partial charge in [0.05, 0.1) is 5.60 Å². The number of rotatable bonds is 1. The van der Waals surface area contributed by atoms with Gasteiger partial charge in [0.1, 0.15) is 5.60 Å². The zero-order chi connectivity index (χ0) is 17.4. The van der Waals surface area contributed by atoms with Gasteiger partial charge < -0.3 is 10.2 Å². The second-order valence-electron chi connectivity index (χ2n) is 9.95. The summed E-state index contributed by atoms with van der Waals surface area (Å²) in [5.74, 6) is 1.12. The first kappa shape index (κ1) is 17.0. The van der Waals surface area contributed by atoms with Crippen LogP contribution in [0.15, 0.2) is 0 Å². The van der Waals surface area contributed by atoms with E-state index in [-0.39, 0.29) is 28.4 Å². The van der Waals surface area contributed by atoms with E-state index in [1.54, 1.807) is 6.92 Å². The molecule has 24 heavy (non-hydrogen) atoms. The highest BCUT2D eigenvalue weighted by Crippen LogP contribution is 2.69. The number of ketones is 1. The first-order valence-electron chi connectivity index (χ1n) is 10.1. The Morgan fingerprint density at radius 1 is 0.833 bits per heavy atom. The van der Waals surface area contributed by atoms with E-state index < -0.39 is 11.2 Å². The average Bonchev–Trinajstić information content (AvgIpc) is 2.81. The molecule has 0 aliphatic heterocycles. The number of aliphatic hydroxyl groups is 2. The van der Waals surface area contributed by atoms with Crippen molar-refractivity contribution in [2.75, 3.05) is 0 Å². The Hall–Kier alpha value is -0.410. The Balaban J connectivity index is 1.73. The molecule has 1 unspecified atom stereocenters. The maximum atomic E-state index is 12.2. The number of carbonyl (C=O) groups excluding carboxylic acids is 1.